The van der Waals surface area contributed by atoms with Crippen LogP contribution in [0.5, 0.6) is 0 Å². The summed E-state index contributed by atoms with van der Waals surface area (Å²) in [4.78, 5) is 26.5. The van der Waals surface area contributed by atoms with E-state index in [0.29, 0.717) is 6.42 Å². The van der Waals surface area contributed by atoms with Crippen molar-refractivity contribution in [3.05, 3.63) is 107 Å². The Morgan fingerprint density at radius 1 is 0.824 bits per heavy atom. The van der Waals surface area contributed by atoms with Crippen molar-refractivity contribution in [2.75, 3.05) is 18.0 Å². The van der Waals surface area contributed by atoms with Gasteiger partial charge < -0.3 is 15.3 Å². The molecule has 1 heterocycles. The van der Waals surface area contributed by atoms with Crippen molar-refractivity contribution in [2.45, 2.75) is 32.1 Å². The zero-order valence-electron chi connectivity index (χ0n) is 19.2. The van der Waals surface area contributed by atoms with Crippen LogP contribution in [0.4, 0.5) is 5.69 Å². The molecule has 1 saturated heterocycles. The van der Waals surface area contributed by atoms with E-state index in [0.717, 1.165) is 35.6 Å². The molecular formula is C29H30N2O3. The summed E-state index contributed by atoms with van der Waals surface area (Å²) in [7, 11) is 0. The fraction of sp³-hybridized carbons (Fsp3) is 0.241. The van der Waals surface area contributed by atoms with Gasteiger partial charge in [-0.3, -0.25) is 4.79 Å². The lowest BCUT2D eigenvalue weighted by molar-refractivity contribution is -0.119. The average molecular weight is 455 g/mol. The van der Waals surface area contributed by atoms with Crippen molar-refractivity contribution in [3.63, 3.8) is 0 Å². The molecule has 1 fully saturated rings. The van der Waals surface area contributed by atoms with Gasteiger partial charge in [-0.1, -0.05) is 66.7 Å². The van der Waals surface area contributed by atoms with Crippen molar-refractivity contribution < 1.29 is 14.7 Å². The monoisotopic (exact) mass is 454 g/mol. The lowest BCUT2D eigenvalue weighted by Gasteiger charge is -2.31. The van der Waals surface area contributed by atoms with Crippen LogP contribution < -0.4 is 10.2 Å². The van der Waals surface area contributed by atoms with Gasteiger partial charge in [-0.25, -0.2) is 4.79 Å². The third-order valence-electron chi connectivity index (χ3n) is 6.12. The minimum atomic E-state index is -0.976. The van der Waals surface area contributed by atoms with E-state index < -0.39 is 5.97 Å². The number of benzene rings is 3. The number of carboxylic acid groups (broad SMARTS) is 1. The molecule has 3 aromatic carbocycles. The Kier molecular flexibility index (Phi) is 7.76. The number of hydrogen-bond acceptors (Lipinski definition) is 3. The summed E-state index contributed by atoms with van der Waals surface area (Å²) < 4.78 is 0. The molecule has 0 bridgehead atoms. The predicted molar refractivity (Wildman–Crippen MR) is 136 cm³/mol. The Morgan fingerprint density at radius 3 is 2.21 bits per heavy atom. The Labute approximate surface area is 200 Å². The van der Waals surface area contributed by atoms with Crippen LogP contribution in [0.1, 0.15) is 46.3 Å². The zero-order valence-corrected chi connectivity index (χ0v) is 19.2. The van der Waals surface area contributed by atoms with Crippen LogP contribution in [0.15, 0.2) is 84.9 Å². The van der Waals surface area contributed by atoms with Crippen LogP contribution in [0.25, 0.3) is 5.70 Å². The van der Waals surface area contributed by atoms with E-state index in [-0.39, 0.29) is 17.9 Å². The van der Waals surface area contributed by atoms with E-state index in [2.05, 4.69) is 40.6 Å². The Morgan fingerprint density at radius 2 is 1.50 bits per heavy atom. The molecule has 0 radical (unpaired) electrons. The number of para-hydroxylation sites is 1. The number of aromatic carboxylic acids is 1. The second kappa shape index (κ2) is 11.3. The number of amides is 1. The minimum absolute atomic E-state index is 0.129. The first kappa shape index (κ1) is 23.3. The number of nitrogens with zero attached hydrogens (tertiary/aromatic N) is 1. The van der Waals surface area contributed by atoms with Crippen LogP contribution in [0.2, 0.25) is 0 Å². The fourth-order valence-electron chi connectivity index (χ4n) is 4.32. The molecule has 0 saturated carbocycles. The first-order valence-corrected chi connectivity index (χ1v) is 11.8. The molecule has 0 unspecified atom stereocenters. The fourth-order valence-corrected chi connectivity index (χ4v) is 4.32. The highest BCUT2D eigenvalue weighted by Gasteiger charge is 2.18. The molecule has 1 amide bonds. The normalized spacial score (nSPS) is 14.0. The lowest BCUT2D eigenvalue weighted by Crippen LogP contribution is -2.31. The van der Waals surface area contributed by atoms with Crippen molar-refractivity contribution in [1.82, 2.24) is 5.32 Å². The smallest absolute Gasteiger partial charge is 0.335 e. The van der Waals surface area contributed by atoms with Gasteiger partial charge in [0.2, 0.25) is 5.91 Å². The highest BCUT2D eigenvalue weighted by Crippen LogP contribution is 2.29. The molecule has 1 aliphatic heterocycles. The molecule has 1 aliphatic rings. The van der Waals surface area contributed by atoms with Crippen LogP contribution in [0.3, 0.4) is 0 Å². The quantitative estimate of drug-likeness (QED) is 0.483. The topological polar surface area (TPSA) is 69.6 Å². The van der Waals surface area contributed by atoms with Gasteiger partial charge in [0.05, 0.1) is 12.0 Å². The maximum atomic E-state index is 13.0. The molecular weight excluding hydrogens is 424 g/mol. The van der Waals surface area contributed by atoms with Crippen LogP contribution >= 0.6 is 0 Å². The molecule has 5 heteroatoms. The standard InChI is InChI=1S/C29H30N2O3/c32-28(21-23-13-16-24(17-14-23)29(33)34)30-26(18-15-22-9-3-1-4-10-22)25-11-5-6-12-27(25)31-19-7-2-8-20-31/h1,3-6,9-14,16-18H,2,7-8,15,19-21H2,(H,30,32)(H,33,34). The third-order valence-corrected chi connectivity index (χ3v) is 6.12. The van der Waals surface area contributed by atoms with Gasteiger partial charge in [0.1, 0.15) is 0 Å². The number of piperidine rings is 1. The maximum absolute atomic E-state index is 13.0. The van der Waals surface area contributed by atoms with Gasteiger partial charge in [-0.05, 0) is 55.0 Å². The summed E-state index contributed by atoms with van der Waals surface area (Å²) in [6.07, 6.45) is 6.58. The predicted octanol–water partition coefficient (Wildman–Crippen LogP) is 5.32. The van der Waals surface area contributed by atoms with Gasteiger partial charge in [0, 0.05) is 30.0 Å². The number of anilines is 1. The Balaban J connectivity index is 1.58. The van der Waals surface area contributed by atoms with E-state index in [4.69, 9.17) is 5.11 Å². The van der Waals surface area contributed by atoms with Gasteiger partial charge >= 0.3 is 5.97 Å². The Bertz CT molecular complexity index is 1150. The summed E-state index contributed by atoms with van der Waals surface area (Å²) in [6.45, 7) is 2.04. The first-order valence-electron chi connectivity index (χ1n) is 11.8. The molecule has 5 nitrogen and oxygen atoms in total. The third kappa shape index (κ3) is 6.13. The number of rotatable bonds is 8. The SMILES string of the molecule is O=C(Cc1ccc(C(=O)O)cc1)NC(=CCc1ccccc1)c1ccccc1N1CCCCC1. The number of carbonyl (C=O) groups excluding carboxylic acids is 1. The summed E-state index contributed by atoms with van der Waals surface area (Å²) >= 11 is 0. The van der Waals surface area contributed by atoms with Crippen molar-refractivity contribution >= 4 is 23.3 Å². The van der Waals surface area contributed by atoms with Crippen molar-refractivity contribution in [1.29, 1.82) is 0 Å². The van der Waals surface area contributed by atoms with E-state index in [1.165, 1.54) is 37.0 Å². The van der Waals surface area contributed by atoms with Gasteiger partial charge in [0.15, 0.2) is 0 Å². The number of nitrogens with one attached hydrogen (secondary N) is 1. The molecule has 0 aromatic heterocycles. The first-order chi connectivity index (χ1) is 16.6. The number of carboxylic acids is 1. The number of carbonyl (C=O) groups is 2. The summed E-state index contributed by atoms with van der Waals surface area (Å²) in [5.41, 5.74) is 5.13. The molecule has 3 aromatic rings. The van der Waals surface area contributed by atoms with Gasteiger partial charge in [0.25, 0.3) is 0 Å². The molecule has 2 N–H and O–H groups in total. The second-order valence-electron chi connectivity index (χ2n) is 8.60. The molecule has 174 valence electrons. The molecule has 0 spiro atoms. The molecule has 4 rings (SSSR count). The van der Waals surface area contributed by atoms with Crippen LogP contribution in [0, 0.1) is 0 Å². The second-order valence-corrected chi connectivity index (χ2v) is 8.60. The van der Waals surface area contributed by atoms with Crippen molar-refractivity contribution in [2.24, 2.45) is 0 Å². The summed E-state index contributed by atoms with van der Waals surface area (Å²) in [6, 6.07) is 24.9. The maximum Gasteiger partial charge on any atom is 0.335 e. The van der Waals surface area contributed by atoms with E-state index in [1.54, 1.807) is 12.1 Å². The largest absolute Gasteiger partial charge is 0.478 e. The minimum Gasteiger partial charge on any atom is -0.478 e. The van der Waals surface area contributed by atoms with Crippen molar-refractivity contribution in [3.8, 4) is 0 Å². The number of allylic oxidation sites excluding steroid dienone is 1. The highest BCUT2D eigenvalue weighted by molar-refractivity contribution is 5.91. The van der Waals surface area contributed by atoms with Crippen LogP contribution in [-0.4, -0.2) is 30.1 Å². The number of hydrogen-bond donors (Lipinski definition) is 2. The van der Waals surface area contributed by atoms with E-state index in [1.807, 2.05) is 30.3 Å². The van der Waals surface area contributed by atoms with E-state index >= 15 is 0 Å². The highest BCUT2D eigenvalue weighted by atomic mass is 16.4. The Hall–Kier alpha value is -3.86. The summed E-state index contributed by atoms with van der Waals surface area (Å²) in [5, 5.41) is 12.2. The van der Waals surface area contributed by atoms with Gasteiger partial charge in [-0.2, -0.15) is 0 Å². The zero-order chi connectivity index (χ0) is 23.8. The average Bonchev–Trinajstić information content (AvgIpc) is 2.88. The molecule has 0 aliphatic carbocycles. The lowest BCUT2D eigenvalue weighted by atomic mass is 10.0. The van der Waals surface area contributed by atoms with E-state index in [9.17, 15) is 9.59 Å². The van der Waals surface area contributed by atoms with Gasteiger partial charge in [-0.15, -0.1) is 0 Å². The molecule has 34 heavy (non-hydrogen) atoms. The molecule has 0 atom stereocenters. The summed E-state index contributed by atoms with van der Waals surface area (Å²) in [5.74, 6) is -1.10. The van der Waals surface area contributed by atoms with Crippen LogP contribution in [-0.2, 0) is 17.6 Å².